The van der Waals surface area contributed by atoms with Crippen molar-refractivity contribution in [3.05, 3.63) is 24.0 Å². The average Bonchev–Trinajstić information content (AvgIpc) is 2.76. The van der Waals surface area contributed by atoms with Gasteiger partial charge < -0.3 is 15.9 Å². The molecular weight excluding hydrogens is 228 g/mol. The quantitative estimate of drug-likeness (QED) is 0.494. The van der Waals surface area contributed by atoms with E-state index in [1.165, 1.54) is 0 Å². The van der Waals surface area contributed by atoms with Gasteiger partial charge in [-0.1, -0.05) is 0 Å². The van der Waals surface area contributed by atoms with Crippen molar-refractivity contribution in [2.24, 2.45) is 5.73 Å². The predicted molar refractivity (Wildman–Crippen MR) is 57.1 cm³/mol. The molecule has 2 aromatic rings. The summed E-state index contributed by atoms with van der Waals surface area (Å²) in [5, 5.41) is 21.5. The molecule has 0 unspecified atom stereocenters. The normalized spacial score (nSPS) is 9.47. The third kappa shape index (κ3) is 3.54. The van der Waals surface area contributed by atoms with E-state index in [1.54, 1.807) is 12.4 Å². The molecule has 0 saturated heterocycles. The summed E-state index contributed by atoms with van der Waals surface area (Å²) >= 11 is 0. The topological polar surface area (TPSA) is 142 Å². The summed E-state index contributed by atoms with van der Waals surface area (Å²) in [5.74, 6) is -3.65. The molecule has 0 amide bonds. The maximum Gasteiger partial charge on any atom is 0.414 e. The Morgan fingerprint density at radius 3 is 2.47 bits per heavy atom. The summed E-state index contributed by atoms with van der Waals surface area (Å²) in [6, 6.07) is 1.95. The van der Waals surface area contributed by atoms with E-state index in [9.17, 15) is 0 Å². The van der Waals surface area contributed by atoms with Crippen molar-refractivity contribution >= 4 is 23.0 Å². The highest BCUT2D eigenvalue weighted by molar-refractivity contribution is 6.27. The molecule has 8 heteroatoms. The fourth-order valence-electron chi connectivity index (χ4n) is 0.986. The Labute approximate surface area is 95.1 Å². The van der Waals surface area contributed by atoms with E-state index in [2.05, 4.69) is 15.2 Å². The number of nitrogens with zero attached hydrogens (tertiary/aromatic N) is 2. The number of aliphatic carboxylic acids is 2. The van der Waals surface area contributed by atoms with E-state index in [0.717, 1.165) is 16.6 Å². The van der Waals surface area contributed by atoms with Gasteiger partial charge in [-0.05, 0) is 11.6 Å². The van der Waals surface area contributed by atoms with Crippen LogP contribution in [0.25, 0.3) is 11.0 Å². The largest absolute Gasteiger partial charge is 0.473 e. The third-order valence-electron chi connectivity index (χ3n) is 1.77. The van der Waals surface area contributed by atoms with Crippen LogP contribution in [0.3, 0.4) is 0 Å². The Hall–Kier alpha value is -2.48. The van der Waals surface area contributed by atoms with Crippen LogP contribution in [0.5, 0.6) is 0 Å². The molecule has 17 heavy (non-hydrogen) atoms. The molecule has 8 nitrogen and oxygen atoms in total. The van der Waals surface area contributed by atoms with Gasteiger partial charge in [0.25, 0.3) is 0 Å². The minimum absolute atomic E-state index is 0.516. The number of aromatic nitrogens is 3. The van der Waals surface area contributed by atoms with Crippen LogP contribution in [0, 0.1) is 0 Å². The zero-order valence-electron chi connectivity index (χ0n) is 8.62. The van der Waals surface area contributed by atoms with E-state index in [0.29, 0.717) is 6.54 Å². The van der Waals surface area contributed by atoms with Crippen molar-refractivity contribution in [2.45, 2.75) is 6.54 Å². The van der Waals surface area contributed by atoms with Crippen LogP contribution in [0.15, 0.2) is 18.5 Å². The lowest BCUT2D eigenvalue weighted by molar-refractivity contribution is -0.159. The molecular formula is C9H10N4O4. The molecule has 2 aromatic heterocycles. The Kier molecular flexibility index (Phi) is 4.12. The first-order valence-electron chi connectivity index (χ1n) is 4.49. The van der Waals surface area contributed by atoms with Crippen LogP contribution >= 0.6 is 0 Å². The third-order valence-corrected chi connectivity index (χ3v) is 1.77. The first kappa shape index (κ1) is 12.6. The second-order valence-electron chi connectivity index (χ2n) is 2.96. The average molecular weight is 238 g/mol. The van der Waals surface area contributed by atoms with Gasteiger partial charge in [0, 0.05) is 12.7 Å². The number of carboxylic acid groups (broad SMARTS) is 2. The molecule has 0 saturated carbocycles. The minimum Gasteiger partial charge on any atom is -0.473 e. The van der Waals surface area contributed by atoms with Gasteiger partial charge in [-0.15, -0.1) is 0 Å². The standard InChI is InChI=1S/C7H8N4.C2H2O4/c8-2-5-1-6-7(9-3-5)4-10-11-6;3-1(4)2(5)6/h1,3-4H,2,8H2,(H,10,11);(H,3,4)(H,5,6). The maximum absolute atomic E-state index is 9.10. The summed E-state index contributed by atoms with van der Waals surface area (Å²) in [7, 11) is 0. The van der Waals surface area contributed by atoms with Gasteiger partial charge in [-0.2, -0.15) is 5.10 Å². The molecule has 0 spiro atoms. The number of hydrogen-bond acceptors (Lipinski definition) is 5. The second-order valence-corrected chi connectivity index (χ2v) is 2.96. The van der Waals surface area contributed by atoms with Gasteiger partial charge in [-0.25, -0.2) is 9.59 Å². The summed E-state index contributed by atoms with van der Waals surface area (Å²) in [4.78, 5) is 22.3. The first-order valence-corrected chi connectivity index (χ1v) is 4.49. The highest BCUT2D eigenvalue weighted by atomic mass is 16.4. The molecule has 0 aromatic carbocycles. The van der Waals surface area contributed by atoms with Crippen LogP contribution in [-0.4, -0.2) is 37.3 Å². The van der Waals surface area contributed by atoms with Crippen LogP contribution in [0.1, 0.15) is 5.56 Å². The Morgan fingerprint density at radius 2 is 1.94 bits per heavy atom. The van der Waals surface area contributed by atoms with Crippen LogP contribution < -0.4 is 5.73 Å². The number of aromatic amines is 1. The van der Waals surface area contributed by atoms with Gasteiger partial charge in [0.1, 0.15) is 5.52 Å². The molecule has 0 atom stereocenters. The van der Waals surface area contributed by atoms with Crippen molar-refractivity contribution in [3.8, 4) is 0 Å². The molecule has 0 fully saturated rings. The van der Waals surface area contributed by atoms with E-state index >= 15 is 0 Å². The van der Waals surface area contributed by atoms with Crippen molar-refractivity contribution in [3.63, 3.8) is 0 Å². The number of nitrogens with one attached hydrogen (secondary N) is 1. The molecule has 0 radical (unpaired) electrons. The predicted octanol–water partition coefficient (Wildman–Crippen LogP) is -0.428. The maximum atomic E-state index is 9.10. The molecule has 90 valence electrons. The number of nitrogens with two attached hydrogens (primary N) is 1. The Bertz CT molecular complexity index is 525. The molecule has 0 aliphatic heterocycles. The van der Waals surface area contributed by atoms with Crippen molar-refractivity contribution in [2.75, 3.05) is 0 Å². The molecule has 0 aliphatic rings. The SMILES string of the molecule is NCc1cnc2cn[nH]c2c1.O=C(O)C(=O)O. The number of H-pyrrole nitrogens is 1. The van der Waals surface area contributed by atoms with E-state index in [-0.39, 0.29) is 0 Å². The number of carbonyl (C=O) groups is 2. The fraction of sp³-hybridized carbons (Fsp3) is 0.111. The summed E-state index contributed by atoms with van der Waals surface area (Å²) in [5.41, 5.74) is 8.27. The Morgan fingerprint density at radius 1 is 1.29 bits per heavy atom. The van der Waals surface area contributed by atoms with Gasteiger partial charge in [-0.3, -0.25) is 10.1 Å². The summed E-state index contributed by atoms with van der Waals surface area (Å²) in [6.07, 6.45) is 3.45. The van der Waals surface area contributed by atoms with Gasteiger partial charge in [0.15, 0.2) is 0 Å². The van der Waals surface area contributed by atoms with Crippen LogP contribution in [-0.2, 0) is 16.1 Å². The fourth-order valence-corrected chi connectivity index (χ4v) is 0.986. The number of hydrogen-bond donors (Lipinski definition) is 4. The zero-order valence-corrected chi connectivity index (χ0v) is 8.62. The van der Waals surface area contributed by atoms with E-state index < -0.39 is 11.9 Å². The molecule has 0 bridgehead atoms. The van der Waals surface area contributed by atoms with Crippen LogP contribution in [0.2, 0.25) is 0 Å². The van der Waals surface area contributed by atoms with Crippen molar-refractivity contribution < 1.29 is 19.8 Å². The smallest absolute Gasteiger partial charge is 0.414 e. The lowest BCUT2D eigenvalue weighted by Crippen LogP contribution is -2.09. The van der Waals surface area contributed by atoms with Gasteiger partial charge >= 0.3 is 11.9 Å². The number of carboxylic acids is 2. The van der Waals surface area contributed by atoms with Crippen molar-refractivity contribution in [1.82, 2.24) is 15.2 Å². The van der Waals surface area contributed by atoms with Crippen molar-refractivity contribution in [1.29, 1.82) is 0 Å². The van der Waals surface area contributed by atoms with E-state index in [1.807, 2.05) is 6.07 Å². The lowest BCUT2D eigenvalue weighted by Gasteiger charge is -1.93. The number of pyridine rings is 1. The second kappa shape index (κ2) is 5.56. The Balaban J connectivity index is 0.000000209. The first-order chi connectivity index (χ1) is 8.04. The summed E-state index contributed by atoms with van der Waals surface area (Å²) < 4.78 is 0. The minimum atomic E-state index is -1.82. The zero-order chi connectivity index (χ0) is 12.8. The van der Waals surface area contributed by atoms with Gasteiger partial charge in [0.2, 0.25) is 0 Å². The number of rotatable bonds is 1. The highest BCUT2D eigenvalue weighted by Gasteiger charge is 2.04. The number of fused-ring (bicyclic) bond motifs is 1. The van der Waals surface area contributed by atoms with E-state index in [4.69, 9.17) is 25.5 Å². The van der Waals surface area contributed by atoms with Gasteiger partial charge in [0.05, 0.1) is 11.7 Å². The van der Waals surface area contributed by atoms with Crippen LogP contribution in [0.4, 0.5) is 0 Å². The lowest BCUT2D eigenvalue weighted by atomic mass is 10.2. The monoisotopic (exact) mass is 238 g/mol. The molecule has 2 heterocycles. The molecule has 2 rings (SSSR count). The highest BCUT2D eigenvalue weighted by Crippen LogP contribution is 2.07. The summed E-state index contributed by atoms with van der Waals surface area (Å²) in [6.45, 7) is 0.516. The molecule has 5 N–H and O–H groups in total. The molecule has 0 aliphatic carbocycles.